The van der Waals surface area contributed by atoms with Crippen LogP contribution in [0.15, 0.2) is 6.20 Å². The summed E-state index contributed by atoms with van der Waals surface area (Å²) >= 11 is 1.59. The number of rotatable bonds is 4. The number of carbonyl (C=O) groups is 1. The highest BCUT2D eigenvalue weighted by atomic mass is 32.1. The highest BCUT2D eigenvalue weighted by molar-refractivity contribution is 7.11. The van der Waals surface area contributed by atoms with Gasteiger partial charge in [-0.1, -0.05) is 0 Å². The Bertz CT molecular complexity index is 488. The maximum absolute atomic E-state index is 11.8. The molecule has 1 aromatic rings. The average Bonchev–Trinajstić information content (AvgIpc) is 2.86. The van der Waals surface area contributed by atoms with Gasteiger partial charge in [-0.3, -0.25) is 0 Å². The van der Waals surface area contributed by atoms with Crippen molar-refractivity contribution < 1.29 is 14.6 Å². The number of nitrogens with one attached hydrogen (secondary N) is 1. The van der Waals surface area contributed by atoms with Crippen molar-refractivity contribution in [1.82, 2.24) is 10.3 Å². The van der Waals surface area contributed by atoms with Gasteiger partial charge in [0.1, 0.15) is 6.10 Å². The largest absolute Gasteiger partial charge is 0.446 e. The fourth-order valence-corrected chi connectivity index (χ4v) is 3.60. The maximum atomic E-state index is 11.8. The minimum absolute atomic E-state index is 0.0305. The summed E-state index contributed by atoms with van der Waals surface area (Å²) in [6.45, 7) is 5.90. The van der Waals surface area contributed by atoms with Crippen molar-refractivity contribution in [3.63, 3.8) is 0 Å². The lowest BCUT2D eigenvalue weighted by atomic mass is 9.85. The molecule has 2 N–H and O–H groups in total. The van der Waals surface area contributed by atoms with Gasteiger partial charge in [0.25, 0.3) is 0 Å². The first-order valence-electron chi connectivity index (χ1n) is 7.89. The molecule has 0 spiro atoms. The van der Waals surface area contributed by atoms with Crippen molar-refractivity contribution >= 4 is 17.4 Å². The zero-order valence-corrected chi connectivity index (χ0v) is 14.4. The van der Waals surface area contributed by atoms with Gasteiger partial charge in [-0.15, -0.1) is 11.3 Å². The number of carbonyl (C=O) groups excluding carboxylic acids is 1. The van der Waals surface area contributed by atoms with E-state index in [1.165, 1.54) is 0 Å². The van der Waals surface area contributed by atoms with E-state index in [4.69, 9.17) is 9.84 Å². The van der Waals surface area contributed by atoms with E-state index in [0.29, 0.717) is 5.92 Å². The van der Waals surface area contributed by atoms with Gasteiger partial charge < -0.3 is 15.2 Å². The second-order valence-electron chi connectivity index (χ2n) is 7.01. The lowest BCUT2D eigenvalue weighted by Gasteiger charge is -2.29. The molecule has 1 fully saturated rings. The van der Waals surface area contributed by atoms with E-state index < -0.39 is 0 Å². The lowest BCUT2D eigenvalue weighted by molar-refractivity contribution is 0.0598. The Balaban J connectivity index is 1.72. The maximum Gasteiger partial charge on any atom is 0.407 e. The van der Waals surface area contributed by atoms with Gasteiger partial charge in [0.15, 0.2) is 0 Å². The van der Waals surface area contributed by atoms with E-state index in [1.54, 1.807) is 17.5 Å². The Morgan fingerprint density at radius 2 is 2.09 bits per heavy atom. The van der Waals surface area contributed by atoms with E-state index in [1.807, 2.05) is 20.8 Å². The van der Waals surface area contributed by atoms with Crippen molar-refractivity contribution in [2.24, 2.45) is 5.92 Å². The smallest absolute Gasteiger partial charge is 0.407 e. The van der Waals surface area contributed by atoms with Gasteiger partial charge in [0, 0.05) is 18.2 Å². The molecule has 0 radical (unpaired) electrons. The Kier molecular flexibility index (Phi) is 5.81. The van der Waals surface area contributed by atoms with Gasteiger partial charge in [-0.25, -0.2) is 9.78 Å². The molecule has 124 valence electrons. The van der Waals surface area contributed by atoms with Crippen LogP contribution in [0.4, 0.5) is 4.79 Å². The fraction of sp³-hybridized carbons (Fsp3) is 0.750. The molecule has 0 unspecified atom stereocenters. The van der Waals surface area contributed by atoms with E-state index in [-0.39, 0.29) is 24.3 Å². The van der Waals surface area contributed by atoms with Crippen LogP contribution >= 0.6 is 11.3 Å². The first kappa shape index (κ1) is 17.2. The van der Waals surface area contributed by atoms with E-state index in [9.17, 15) is 4.79 Å². The topological polar surface area (TPSA) is 71.5 Å². The van der Waals surface area contributed by atoms with Crippen LogP contribution in [0, 0.1) is 5.92 Å². The Morgan fingerprint density at radius 1 is 1.41 bits per heavy atom. The summed E-state index contributed by atoms with van der Waals surface area (Å²) in [4.78, 5) is 17.0. The molecule has 0 saturated heterocycles. The number of aromatic nitrogens is 1. The quantitative estimate of drug-likeness (QED) is 0.891. The van der Waals surface area contributed by atoms with Crippen molar-refractivity contribution in [2.75, 3.05) is 0 Å². The number of amides is 1. The van der Waals surface area contributed by atoms with Crippen LogP contribution < -0.4 is 5.32 Å². The molecule has 0 aliphatic heterocycles. The summed E-state index contributed by atoms with van der Waals surface area (Å²) < 4.78 is 5.49. The summed E-state index contributed by atoms with van der Waals surface area (Å²) in [6, 6.07) is 0. The number of alkyl carbamates (subject to hydrolysis) is 1. The monoisotopic (exact) mass is 326 g/mol. The van der Waals surface area contributed by atoms with Crippen LogP contribution in [0.25, 0.3) is 0 Å². The molecule has 1 aromatic heterocycles. The highest BCUT2D eigenvalue weighted by Gasteiger charge is 2.26. The van der Waals surface area contributed by atoms with E-state index in [2.05, 4.69) is 10.3 Å². The molecule has 1 heterocycles. The van der Waals surface area contributed by atoms with Gasteiger partial charge in [0.05, 0.1) is 16.5 Å². The molecule has 1 amide bonds. The third-order valence-corrected chi connectivity index (χ3v) is 4.77. The highest BCUT2D eigenvalue weighted by Crippen LogP contribution is 2.30. The first-order valence-corrected chi connectivity index (χ1v) is 8.70. The third-order valence-electron chi connectivity index (χ3n) is 3.77. The van der Waals surface area contributed by atoms with Gasteiger partial charge in [0.2, 0.25) is 0 Å². The second kappa shape index (κ2) is 7.42. The molecule has 6 heteroatoms. The Hall–Kier alpha value is -1.14. The number of thiazole rings is 1. The molecule has 5 nitrogen and oxygen atoms in total. The lowest BCUT2D eigenvalue weighted by Crippen LogP contribution is -2.42. The van der Waals surface area contributed by atoms with Crippen LogP contribution in [0.5, 0.6) is 0 Å². The fourth-order valence-electron chi connectivity index (χ4n) is 2.70. The predicted molar refractivity (Wildman–Crippen MR) is 86.9 cm³/mol. The van der Waals surface area contributed by atoms with Crippen molar-refractivity contribution in [3.05, 3.63) is 16.1 Å². The molecular weight excluding hydrogens is 300 g/mol. The summed E-state index contributed by atoms with van der Waals surface area (Å²) in [5.41, 5.74) is -0.260. The number of nitrogens with zero attached hydrogens (tertiary/aromatic N) is 1. The standard InChI is InChI=1S/C16H26N2O3S/c1-16(2,3)18-15(20)21-12-6-4-11(5-7-12)8-14-17-9-13(10-19)22-14/h9,11-12,19H,4-8,10H2,1-3H3,(H,18,20). The zero-order valence-electron chi connectivity index (χ0n) is 13.6. The van der Waals surface area contributed by atoms with Crippen molar-refractivity contribution in [2.45, 2.75) is 71.1 Å². The second-order valence-corrected chi connectivity index (χ2v) is 8.21. The average molecular weight is 326 g/mol. The number of aliphatic hydroxyl groups excluding tert-OH is 1. The molecule has 1 aliphatic rings. The summed E-state index contributed by atoms with van der Waals surface area (Å²) in [7, 11) is 0. The molecule has 1 aliphatic carbocycles. The normalized spacial score (nSPS) is 22.4. The SMILES string of the molecule is CC(C)(C)NC(=O)OC1CCC(Cc2ncc(CO)s2)CC1. The minimum atomic E-state index is -0.316. The molecule has 0 bridgehead atoms. The number of hydrogen-bond acceptors (Lipinski definition) is 5. The molecular formula is C16H26N2O3S. The van der Waals surface area contributed by atoms with Crippen LogP contribution in [0.3, 0.4) is 0 Å². The van der Waals surface area contributed by atoms with Crippen molar-refractivity contribution in [3.8, 4) is 0 Å². The number of aliphatic hydroxyl groups is 1. The van der Waals surface area contributed by atoms with Crippen LogP contribution in [-0.2, 0) is 17.8 Å². The van der Waals surface area contributed by atoms with Crippen LogP contribution in [-0.4, -0.2) is 27.8 Å². The molecule has 0 aromatic carbocycles. The molecule has 22 heavy (non-hydrogen) atoms. The van der Waals surface area contributed by atoms with Crippen LogP contribution in [0.1, 0.15) is 56.3 Å². The number of hydrogen-bond donors (Lipinski definition) is 2. The summed E-state index contributed by atoms with van der Waals surface area (Å²) in [5.74, 6) is 0.600. The summed E-state index contributed by atoms with van der Waals surface area (Å²) in [5, 5.41) is 13.0. The molecule has 2 rings (SSSR count). The van der Waals surface area contributed by atoms with Crippen LogP contribution in [0.2, 0.25) is 0 Å². The summed E-state index contributed by atoms with van der Waals surface area (Å²) in [6.07, 6.45) is 6.38. The zero-order chi connectivity index (χ0) is 16.2. The molecule has 0 atom stereocenters. The van der Waals surface area contributed by atoms with Gasteiger partial charge >= 0.3 is 6.09 Å². The Labute approximate surface area is 136 Å². The first-order chi connectivity index (χ1) is 10.4. The number of ether oxygens (including phenoxy) is 1. The minimum Gasteiger partial charge on any atom is -0.446 e. The van der Waals surface area contributed by atoms with Gasteiger partial charge in [-0.05, 0) is 52.4 Å². The predicted octanol–water partition coefficient (Wildman–Crippen LogP) is 3.26. The van der Waals surface area contributed by atoms with Crippen molar-refractivity contribution in [1.29, 1.82) is 0 Å². The van der Waals surface area contributed by atoms with E-state index in [0.717, 1.165) is 42.0 Å². The third kappa shape index (κ3) is 5.57. The van der Waals surface area contributed by atoms with E-state index >= 15 is 0 Å². The molecule has 1 saturated carbocycles. The Morgan fingerprint density at radius 3 is 2.64 bits per heavy atom. The van der Waals surface area contributed by atoms with Gasteiger partial charge in [-0.2, -0.15) is 0 Å².